The van der Waals surface area contributed by atoms with Gasteiger partial charge in [0.05, 0.1) is 38.1 Å². The quantitative estimate of drug-likeness (QED) is 0.169. The number of halogens is 2. The van der Waals surface area contributed by atoms with Gasteiger partial charge in [-0.25, -0.2) is 4.79 Å². The van der Waals surface area contributed by atoms with Crippen molar-refractivity contribution < 1.29 is 24.1 Å². The molecule has 0 spiro atoms. The Balaban J connectivity index is 1.87. The molecule has 13 heteroatoms. The normalized spacial score (nSPS) is 13.5. The number of nitro benzene ring substituents is 2. The van der Waals surface area contributed by atoms with Crippen molar-refractivity contribution in [2.24, 2.45) is 0 Å². The number of morpholine rings is 1. The zero-order valence-electron chi connectivity index (χ0n) is 15.6. The molecule has 0 aliphatic carbocycles. The second-order valence-corrected chi connectivity index (χ2v) is 8.37. The Morgan fingerprint density at radius 1 is 1.06 bits per heavy atom. The number of rotatable bonds is 5. The summed E-state index contributed by atoms with van der Waals surface area (Å²) >= 11 is 12.2. The second-order valence-electron chi connectivity index (χ2n) is 6.28. The van der Waals surface area contributed by atoms with Crippen molar-refractivity contribution in [1.29, 1.82) is 0 Å². The number of nitrogens with zero attached hydrogens (tertiary/aromatic N) is 3. The molecular weight excluding hydrogens is 562 g/mol. The van der Waals surface area contributed by atoms with Gasteiger partial charge in [-0.3, -0.25) is 20.2 Å². The van der Waals surface area contributed by atoms with E-state index in [1.54, 1.807) is 12.1 Å². The van der Waals surface area contributed by atoms with Gasteiger partial charge in [-0.2, -0.15) is 0 Å². The maximum absolute atomic E-state index is 12.6. The minimum Gasteiger partial charge on any atom is -0.420 e. The van der Waals surface area contributed by atoms with Crippen LogP contribution in [0.4, 0.5) is 11.4 Å². The van der Waals surface area contributed by atoms with Crippen molar-refractivity contribution in [3.05, 3.63) is 70.6 Å². The van der Waals surface area contributed by atoms with Gasteiger partial charge in [0.1, 0.15) is 10.6 Å². The number of carbonyl (C=O) groups excluding carboxylic acids is 1. The van der Waals surface area contributed by atoms with E-state index in [1.807, 2.05) is 4.90 Å². The van der Waals surface area contributed by atoms with Gasteiger partial charge in [-0.15, -0.1) is 0 Å². The van der Waals surface area contributed by atoms with Crippen LogP contribution in [-0.2, 0) is 4.74 Å². The second kappa shape index (κ2) is 9.77. The number of esters is 1. The highest BCUT2D eigenvalue weighted by molar-refractivity contribution is 9.11. The third-order valence-corrected chi connectivity index (χ3v) is 6.02. The third kappa shape index (κ3) is 5.23. The minimum absolute atomic E-state index is 0.0891. The Bertz CT molecular complexity index is 1070. The summed E-state index contributed by atoms with van der Waals surface area (Å²) in [5.41, 5.74) is -0.942. The van der Waals surface area contributed by atoms with Crippen LogP contribution < -0.4 is 4.74 Å². The standard InChI is InChI=1S/C18H13Br2N3O7S/c19-13-7-10(17(31)21-3-5-29-6-4-21)8-14(20)16(13)30-18(24)12-2-1-11(22(25)26)9-15(12)23(27)28/h1-2,7-9H,3-6H2. The number of thiocarbonyl (C=S) groups is 1. The lowest BCUT2D eigenvalue weighted by Crippen LogP contribution is -2.40. The van der Waals surface area contributed by atoms with Gasteiger partial charge in [-0.1, -0.05) is 12.2 Å². The summed E-state index contributed by atoms with van der Waals surface area (Å²) in [7, 11) is 0. The number of hydrogen-bond acceptors (Lipinski definition) is 8. The number of carbonyl (C=O) groups is 1. The Morgan fingerprint density at radius 3 is 2.23 bits per heavy atom. The summed E-state index contributed by atoms with van der Waals surface area (Å²) in [6, 6.07) is 6.05. The number of non-ortho nitro benzene ring substituents is 1. The van der Waals surface area contributed by atoms with E-state index < -0.39 is 32.8 Å². The number of hydrogen-bond donors (Lipinski definition) is 0. The zero-order valence-corrected chi connectivity index (χ0v) is 19.6. The summed E-state index contributed by atoms with van der Waals surface area (Å²) in [6.07, 6.45) is 0. The number of nitro groups is 2. The predicted octanol–water partition coefficient (Wildman–Crippen LogP) is 4.25. The van der Waals surface area contributed by atoms with Crippen LogP contribution in [0.25, 0.3) is 0 Å². The Labute approximate surface area is 197 Å². The van der Waals surface area contributed by atoms with Crippen LogP contribution in [-0.4, -0.2) is 52.0 Å². The molecule has 0 N–H and O–H groups in total. The molecule has 31 heavy (non-hydrogen) atoms. The van der Waals surface area contributed by atoms with Crippen LogP contribution in [0.3, 0.4) is 0 Å². The molecule has 1 fully saturated rings. The SMILES string of the molecule is O=C(Oc1c(Br)cc(C(=S)N2CCOCC2)cc1Br)c1ccc([N+](=O)[O-])cc1[N+](=O)[O-]. The highest BCUT2D eigenvalue weighted by atomic mass is 79.9. The van der Waals surface area contributed by atoms with Crippen LogP contribution in [0.15, 0.2) is 39.3 Å². The van der Waals surface area contributed by atoms with Gasteiger partial charge in [0.15, 0.2) is 5.75 Å². The van der Waals surface area contributed by atoms with E-state index >= 15 is 0 Å². The first-order valence-corrected chi connectivity index (χ1v) is 10.7. The first-order valence-electron chi connectivity index (χ1n) is 8.70. The van der Waals surface area contributed by atoms with E-state index in [2.05, 4.69) is 31.9 Å². The van der Waals surface area contributed by atoms with E-state index in [4.69, 9.17) is 21.7 Å². The van der Waals surface area contributed by atoms with Gasteiger partial charge >= 0.3 is 5.97 Å². The molecule has 0 aromatic heterocycles. The molecule has 3 rings (SSSR count). The predicted molar refractivity (Wildman–Crippen MR) is 121 cm³/mol. The Hall–Kier alpha value is -2.48. The van der Waals surface area contributed by atoms with Gasteiger partial charge in [0.2, 0.25) is 0 Å². The molecule has 1 aliphatic rings. The molecule has 0 bridgehead atoms. The van der Waals surface area contributed by atoms with Crippen LogP contribution in [0, 0.1) is 20.2 Å². The van der Waals surface area contributed by atoms with Crippen molar-refractivity contribution in [2.45, 2.75) is 0 Å². The van der Waals surface area contributed by atoms with Crippen LogP contribution in [0.5, 0.6) is 5.75 Å². The lowest BCUT2D eigenvalue weighted by Gasteiger charge is -2.29. The molecule has 1 saturated heterocycles. The maximum Gasteiger partial charge on any atom is 0.350 e. The molecule has 162 valence electrons. The molecule has 0 radical (unpaired) electrons. The lowest BCUT2D eigenvalue weighted by molar-refractivity contribution is -0.394. The fourth-order valence-electron chi connectivity index (χ4n) is 2.83. The summed E-state index contributed by atoms with van der Waals surface area (Å²) in [4.78, 5) is 35.7. The Morgan fingerprint density at radius 2 is 1.68 bits per heavy atom. The fourth-order valence-corrected chi connectivity index (χ4v) is 4.48. The number of ether oxygens (including phenoxy) is 2. The molecule has 0 saturated carbocycles. The summed E-state index contributed by atoms with van der Waals surface area (Å²) in [5, 5.41) is 22.2. The molecule has 2 aromatic carbocycles. The topological polar surface area (TPSA) is 125 Å². The molecule has 2 aromatic rings. The molecule has 0 atom stereocenters. The smallest absolute Gasteiger partial charge is 0.350 e. The van der Waals surface area contributed by atoms with Gasteiger partial charge in [-0.05, 0) is 50.1 Å². The third-order valence-electron chi connectivity index (χ3n) is 4.35. The van der Waals surface area contributed by atoms with E-state index in [9.17, 15) is 25.0 Å². The van der Waals surface area contributed by atoms with E-state index in [0.717, 1.165) is 12.1 Å². The monoisotopic (exact) mass is 573 g/mol. The summed E-state index contributed by atoms with van der Waals surface area (Å²) in [5.74, 6) is -0.947. The first-order chi connectivity index (χ1) is 14.7. The van der Waals surface area contributed by atoms with Crippen molar-refractivity contribution in [2.75, 3.05) is 26.3 Å². The Kier molecular flexibility index (Phi) is 7.30. The van der Waals surface area contributed by atoms with Gasteiger partial charge in [0, 0.05) is 24.7 Å². The van der Waals surface area contributed by atoms with Gasteiger partial charge in [0.25, 0.3) is 11.4 Å². The highest BCUT2D eigenvalue weighted by Crippen LogP contribution is 2.36. The first kappa shape index (κ1) is 23.2. The average molecular weight is 575 g/mol. The summed E-state index contributed by atoms with van der Waals surface area (Å²) < 4.78 is 11.5. The van der Waals surface area contributed by atoms with Crippen LogP contribution in [0.2, 0.25) is 0 Å². The van der Waals surface area contributed by atoms with Crippen LogP contribution >= 0.6 is 44.1 Å². The molecule has 1 aliphatic heterocycles. The highest BCUT2D eigenvalue weighted by Gasteiger charge is 2.27. The maximum atomic E-state index is 12.6. The molecule has 0 unspecified atom stereocenters. The van der Waals surface area contributed by atoms with Crippen molar-refractivity contribution in [3.63, 3.8) is 0 Å². The number of benzene rings is 2. The van der Waals surface area contributed by atoms with Crippen molar-refractivity contribution in [3.8, 4) is 5.75 Å². The largest absolute Gasteiger partial charge is 0.420 e. The van der Waals surface area contributed by atoms with Gasteiger partial charge < -0.3 is 14.4 Å². The van der Waals surface area contributed by atoms with Crippen molar-refractivity contribution >= 4 is 66.4 Å². The molecule has 0 amide bonds. The molecule has 1 heterocycles. The van der Waals surface area contributed by atoms with E-state index in [1.165, 1.54) is 0 Å². The summed E-state index contributed by atoms with van der Waals surface area (Å²) in [6.45, 7) is 2.47. The fraction of sp³-hybridized carbons (Fsp3) is 0.222. The minimum atomic E-state index is -1.04. The lowest BCUT2D eigenvalue weighted by atomic mass is 10.1. The average Bonchev–Trinajstić information content (AvgIpc) is 2.75. The van der Waals surface area contributed by atoms with Crippen molar-refractivity contribution in [1.82, 2.24) is 4.90 Å². The zero-order chi connectivity index (χ0) is 22.7. The van der Waals surface area contributed by atoms with Crippen LogP contribution in [0.1, 0.15) is 15.9 Å². The van der Waals surface area contributed by atoms with E-state index in [0.29, 0.717) is 51.9 Å². The molecule has 10 nitrogen and oxygen atoms in total. The van der Waals surface area contributed by atoms with E-state index in [-0.39, 0.29) is 5.75 Å². The molecular formula is C18H13Br2N3O7S.